The van der Waals surface area contributed by atoms with Gasteiger partial charge >= 0.3 is 0 Å². The fourth-order valence-electron chi connectivity index (χ4n) is 2.93. The van der Waals surface area contributed by atoms with Crippen molar-refractivity contribution < 1.29 is 13.2 Å². The normalized spacial score (nSPS) is 29.2. The highest BCUT2D eigenvalue weighted by Gasteiger charge is 2.37. The van der Waals surface area contributed by atoms with Crippen molar-refractivity contribution in [2.45, 2.75) is 68.3 Å². The van der Waals surface area contributed by atoms with E-state index in [1.807, 2.05) is 0 Å². The maximum absolute atomic E-state index is 12.3. The number of carbonyl (C=O) groups excluding carboxylic acids is 1. The van der Waals surface area contributed by atoms with Crippen LogP contribution in [0.5, 0.6) is 0 Å². The smallest absolute Gasteiger partial charge is 0.156 e. The van der Waals surface area contributed by atoms with Gasteiger partial charge < -0.3 is 0 Å². The van der Waals surface area contributed by atoms with Gasteiger partial charge in [0.1, 0.15) is 5.78 Å². The monoisotopic (exact) mass is 244 g/mol. The van der Waals surface area contributed by atoms with Crippen LogP contribution in [-0.2, 0) is 14.6 Å². The summed E-state index contributed by atoms with van der Waals surface area (Å²) in [5, 5.41) is -0.519. The van der Waals surface area contributed by atoms with Gasteiger partial charge in [-0.15, -0.1) is 0 Å². The SMILES string of the molecule is O=C1CCCC(S(=O)(=O)C2CCCCC2)C1. The summed E-state index contributed by atoms with van der Waals surface area (Å²) in [4.78, 5) is 11.3. The number of carbonyl (C=O) groups is 1. The maximum atomic E-state index is 12.3. The molecule has 0 heterocycles. The van der Waals surface area contributed by atoms with Crippen LogP contribution in [0.2, 0.25) is 0 Å². The van der Waals surface area contributed by atoms with Crippen molar-refractivity contribution in [1.29, 1.82) is 0 Å². The van der Waals surface area contributed by atoms with E-state index in [0.29, 0.717) is 12.8 Å². The summed E-state index contributed by atoms with van der Waals surface area (Å²) in [6.45, 7) is 0. The number of hydrogen-bond donors (Lipinski definition) is 0. The van der Waals surface area contributed by atoms with Gasteiger partial charge in [0.25, 0.3) is 0 Å². The van der Waals surface area contributed by atoms with Crippen molar-refractivity contribution in [2.24, 2.45) is 0 Å². The van der Waals surface area contributed by atoms with E-state index in [4.69, 9.17) is 0 Å². The highest BCUT2D eigenvalue weighted by atomic mass is 32.2. The Morgan fingerprint density at radius 2 is 1.50 bits per heavy atom. The second-order valence-electron chi connectivity index (χ2n) is 5.11. The molecule has 2 rings (SSSR count). The summed E-state index contributed by atoms with van der Waals surface area (Å²) in [6.07, 6.45) is 7.17. The van der Waals surface area contributed by atoms with Crippen molar-refractivity contribution in [3.05, 3.63) is 0 Å². The molecule has 16 heavy (non-hydrogen) atoms. The molecule has 0 aromatic carbocycles. The quantitative estimate of drug-likeness (QED) is 0.748. The molecule has 92 valence electrons. The molecule has 0 amide bonds. The van der Waals surface area contributed by atoms with Gasteiger partial charge in [-0.05, 0) is 25.7 Å². The summed E-state index contributed by atoms with van der Waals surface area (Å²) in [7, 11) is -3.04. The first-order chi connectivity index (χ1) is 7.60. The molecule has 0 saturated heterocycles. The van der Waals surface area contributed by atoms with E-state index in [1.165, 1.54) is 0 Å². The van der Waals surface area contributed by atoms with Crippen LogP contribution < -0.4 is 0 Å². The Labute approximate surface area is 97.5 Å². The fourth-order valence-corrected chi connectivity index (χ4v) is 5.38. The van der Waals surface area contributed by atoms with Crippen molar-refractivity contribution in [3.63, 3.8) is 0 Å². The minimum atomic E-state index is -3.04. The molecule has 0 N–H and O–H groups in total. The first-order valence-corrected chi connectivity index (χ1v) is 7.96. The van der Waals surface area contributed by atoms with Crippen LogP contribution in [0.15, 0.2) is 0 Å². The second-order valence-corrected chi connectivity index (χ2v) is 7.62. The highest BCUT2D eigenvalue weighted by Crippen LogP contribution is 2.31. The summed E-state index contributed by atoms with van der Waals surface area (Å²) < 4.78 is 24.7. The number of sulfone groups is 1. The minimum Gasteiger partial charge on any atom is -0.300 e. The molecule has 2 fully saturated rings. The zero-order chi connectivity index (χ0) is 11.6. The Morgan fingerprint density at radius 3 is 2.12 bits per heavy atom. The minimum absolute atomic E-state index is 0.135. The lowest BCUT2D eigenvalue weighted by molar-refractivity contribution is -0.120. The summed E-state index contributed by atoms with van der Waals surface area (Å²) >= 11 is 0. The molecule has 2 aliphatic rings. The van der Waals surface area contributed by atoms with Gasteiger partial charge in [0.2, 0.25) is 0 Å². The molecule has 2 saturated carbocycles. The van der Waals surface area contributed by atoms with Gasteiger partial charge in [0.05, 0.1) is 10.5 Å². The Kier molecular flexibility index (Phi) is 3.67. The summed E-state index contributed by atoms with van der Waals surface area (Å²) in [5.41, 5.74) is 0. The van der Waals surface area contributed by atoms with Gasteiger partial charge in [-0.2, -0.15) is 0 Å². The van der Waals surface area contributed by atoms with Crippen LogP contribution in [0.3, 0.4) is 0 Å². The first kappa shape index (κ1) is 12.1. The molecule has 0 spiro atoms. The average molecular weight is 244 g/mol. The van der Waals surface area contributed by atoms with Crippen molar-refractivity contribution in [2.75, 3.05) is 0 Å². The molecule has 4 heteroatoms. The van der Waals surface area contributed by atoms with Gasteiger partial charge in [-0.3, -0.25) is 4.79 Å². The standard InChI is InChI=1S/C12H20O3S/c13-10-5-4-8-12(9-10)16(14,15)11-6-2-1-3-7-11/h11-12H,1-9H2. The number of ketones is 1. The average Bonchev–Trinajstić information content (AvgIpc) is 2.30. The van der Waals surface area contributed by atoms with E-state index < -0.39 is 9.84 Å². The molecule has 0 aromatic rings. The molecule has 0 bridgehead atoms. The van der Waals surface area contributed by atoms with E-state index in [9.17, 15) is 13.2 Å². The number of rotatable bonds is 2. The Morgan fingerprint density at radius 1 is 0.875 bits per heavy atom. The van der Waals surface area contributed by atoms with Gasteiger partial charge in [-0.1, -0.05) is 19.3 Å². The third-order valence-electron chi connectivity index (χ3n) is 3.92. The Hall–Kier alpha value is -0.380. The molecular weight excluding hydrogens is 224 g/mol. The lowest BCUT2D eigenvalue weighted by Gasteiger charge is -2.28. The molecule has 0 aliphatic heterocycles. The zero-order valence-electron chi connectivity index (χ0n) is 9.65. The largest absolute Gasteiger partial charge is 0.300 e. The third-order valence-corrected chi connectivity index (χ3v) is 6.65. The predicted molar refractivity (Wildman–Crippen MR) is 63.1 cm³/mol. The molecular formula is C12H20O3S. The predicted octanol–water partition coefficient (Wildman–Crippen LogP) is 2.25. The summed E-state index contributed by atoms with van der Waals surface area (Å²) in [6, 6.07) is 0. The van der Waals surface area contributed by atoms with E-state index in [-0.39, 0.29) is 22.7 Å². The van der Waals surface area contributed by atoms with Gasteiger partial charge in [0, 0.05) is 12.8 Å². The lowest BCUT2D eigenvalue weighted by Crippen LogP contribution is -2.36. The van der Waals surface area contributed by atoms with Gasteiger partial charge in [-0.25, -0.2) is 8.42 Å². The van der Waals surface area contributed by atoms with Crippen LogP contribution >= 0.6 is 0 Å². The van der Waals surface area contributed by atoms with Crippen LogP contribution in [-0.4, -0.2) is 24.7 Å². The zero-order valence-corrected chi connectivity index (χ0v) is 10.5. The summed E-state index contributed by atoms with van der Waals surface area (Å²) in [5.74, 6) is 0.135. The maximum Gasteiger partial charge on any atom is 0.156 e. The van der Waals surface area contributed by atoms with Crippen molar-refractivity contribution >= 4 is 15.6 Å². The fraction of sp³-hybridized carbons (Fsp3) is 0.917. The van der Waals surface area contributed by atoms with Crippen molar-refractivity contribution in [1.82, 2.24) is 0 Å². The third kappa shape index (κ3) is 2.47. The first-order valence-electron chi connectivity index (χ1n) is 6.35. The van der Waals surface area contributed by atoms with Crippen LogP contribution in [0.4, 0.5) is 0 Å². The lowest BCUT2D eigenvalue weighted by atomic mass is 9.99. The van der Waals surface area contributed by atoms with E-state index in [0.717, 1.165) is 38.5 Å². The second kappa shape index (κ2) is 4.86. The van der Waals surface area contributed by atoms with E-state index in [2.05, 4.69) is 0 Å². The van der Waals surface area contributed by atoms with Crippen LogP contribution in [0, 0.1) is 0 Å². The number of hydrogen-bond acceptors (Lipinski definition) is 3. The van der Waals surface area contributed by atoms with Gasteiger partial charge in [0.15, 0.2) is 9.84 Å². The number of Topliss-reactive ketones (excluding diaryl/α,β-unsaturated/α-hetero) is 1. The van der Waals surface area contributed by atoms with Crippen LogP contribution in [0.25, 0.3) is 0 Å². The highest BCUT2D eigenvalue weighted by molar-refractivity contribution is 7.92. The van der Waals surface area contributed by atoms with Crippen molar-refractivity contribution in [3.8, 4) is 0 Å². The van der Waals surface area contributed by atoms with Crippen LogP contribution in [0.1, 0.15) is 57.8 Å². The topological polar surface area (TPSA) is 51.2 Å². The van der Waals surface area contributed by atoms with E-state index in [1.54, 1.807) is 0 Å². The molecule has 0 radical (unpaired) electrons. The molecule has 0 aromatic heterocycles. The molecule has 1 unspecified atom stereocenters. The molecule has 3 nitrogen and oxygen atoms in total. The molecule has 1 atom stereocenters. The molecule has 2 aliphatic carbocycles. The Bertz CT molecular complexity index is 352. The van der Waals surface area contributed by atoms with E-state index >= 15 is 0 Å². The Balaban J connectivity index is 2.07.